The molecule has 0 bridgehead atoms. The average Bonchev–Trinajstić information content (AvgIpc) is 3.19. The number of ether oxygens (including phenoxy) is 1. The third-order valence-corrected chi connectivity index (χ3v) is 4.34. The van der Waals surface area contributed by atoms with Gasteiger partial charge in [-0.2, -0.15) is 0 Å². The van der Waals surface area contributed by atoms with E-state index in [0.717, 1.165) is 12.0 Å². The van der Waals surface area contributed by atoms with E-state index in [1.807, 2.05) is 19.1 Å². The molecule has 168 valence electrons. The Hall–Kier alpha value is -1.81. The van der Waals surface area contributed by atoms with Crippen LogP contribution >= 0.6 is 24.0 Å². The Bertz CT molecular complexity index is 764. The zero-order valence-corrected chi connectivity index (χ0v) is 20.8. The Labute approximate surface area is 196 Å². The molecule has 7 nitrogen and oxygen atoms in total. The van der Waals surface area contributed by atoms with Gasteiger partial charge in [-0.25, -0.2) is 9.98 Å². The normalized spacial score (nSPS) is 14.6. The van der Waals surface area contributed by atoms with E-state index in [2.05, 4.69) is 41.4 Å². The summed E-state index contributed by atoms with van der Waals surface area (Å²) < 4.78 is 11.2. The van der Waals surface area contributed by atoms with Gasteiger partial charge < -0.3 is 24.9 Å². The Morgan fingerprint density at radius 1 is 1.30 bits per heavy atom. The summed E-state index contributed by atoms with van der Waals surface area (Å²) in [7, 11) is 0. The number of aromatic nitrogens is 1. The maximum atomic E-state index is 10.6. The van der Waals surface area contributed by atoms with Crippen LogP contribution in [0.3, 0.4) is 0 Å². The van der Waals surface area contributed by atoms with Crippen molar-refractivity contribution in [1.82, 2.24) is 15.6 Å². The summed E-state index contributed by atoms with van der Waals surface area (Å²) >= 11 is 0. The third-order valence-electron chi connectivity index (χ3n) is 4.34. The molecule has 8 heteroatoms. The topological polar surface area (TPSA) is 91.9 Å². The molecule has 2 unspecified atom stereocenters. The van der Waals surface area contributed by atoms with E-state index < -0.39 is 5.60 Å². The van der Waals surface area contributed by atoms with Gasteiger partial charge in [0.25, 0.3) is 0 Å². The molecular weight excluding hydrogens is 495 g/mol. The van der Waals surface area contributed by atoms with Gasteiger partial charge in [0.15, 0.2) is 5.96 Å². The third kappa shape index (κ3) is 8.91. The van der Waals surface area contributed by atoms with Gasteiger partial charge in [-0.15, -0.1) is 24.0 Å². The van der Waals surface area contributed by atoms with Crippen LogP contribution in [-0.4, -0.2) is 35.2 Å². The number of guanidine groups is 1. The van der Waals surface area contributed by atoms with Crippen molar-refractivity contribution in [2.75, 3.05) is 13.1 Å². The van der Waals surface area contributed by atoms with Crippen LogP contribution in [0, 0.1) is 5.92 Å². The molecule has 2 atom stereocenters. The number of rotatable bonds is 10. The zero-order valence-electron chi connectivity index (χ0n) is 18.5. The second-order valence-corrected chi connectivity index (χ2v) is 7.86. The second-order valence-electron chi connectivity index (χ2n) is 7.86. The van der Waals surface area contributed by atoms with Gasteiger partial charge in [0.05, 0.1) is 25.5 Å². The van der Waals surface area contributed by atoms with Crippen LogP contribution in [0.15, 0.2) is 46.1 Å². The van der Waals surface area contributed by atoms with Crippen LogP contribution in [0.1, 0.15) is 52.4 Å². The van der Waals surface area contributed by atoms with Crippen LogP contribution in [0.25, 0.3) is 0 Å². The van der Waals surface area contributed by atoms with Gasteiger partial charge in [-0.3, -0.25) is 0 Å². The van der Waals surface area contributed by atoms with Crippen molar-refractivity contribution in [3.63, 3.8) is 0 Å². The van der Waals surface area contributed by atoms with Crippen molar-refractivity contribution in [2.24, 2.45) is 10.9 Å². The smallest absolute Gasteiger partial charge is 0.213 e. The highest BCUT2D eigenvalue weighted by atomic mass is 127. The summed E-state index contributed by atoms with van der Waals surface area (Å²) in [6, 6.07) is 7.35. The number of nitrogens with zero attached hydrogens (tertiary/aromatic N) is 2. The lowest BCUT2D eigenvalue weighted by atomic mass is 10.0. The summed E-state index contributed by atoms with van der Waals surface area (Å²) in [4.78, 5) is 8.91. The zero-order chi connectivity index (χ0) is 21.3. The summed E-state index contributed by atoms with van der Waals surface area (Å²) in [5.74, 6) is 2.31. The number of hydrogen-bond acceptors (Lipinski definition) is 5. The molecule has 0 aliphatic rings. The molecule has 2 aromatic heterocycles. The number of pyridine rings is 1. The SMILES string of the molecule is CCNC(=NCc1ccnc(OC(C)CC(C)C)c1)NCC(C)(O)c1ccco1.I. The molecule has 2 aromatic rings. The number of nitrogens with one attached hydrogen (secondary N) is 2. The summed E-state index contributed by atoms with van der Waals surface area (Å²) in [5, 5.41) is 17.0. The molecule has 0 amide bonds. The monoisotopic (exact) mass is 530 g/mol. The largest absolute Gasteiger partial charge is 0.475 e. The van der Waals surface area contributed by atoms with Crippen molar-refractivity contribution < 1.29 is 14.3 Å². The van der Waals surface area contributed by atoms with Crippen molar-refractivity contribution in [3.8, 4) is 5.88 Å². The number of halogens is 1. The molecule has 0 aliphatic heterocycles. The Kier molecular flexibility index (Phi) is 11.2. The highest BCUT2D eigenvalue weighted by Gasteiger charge is 2.26. The Balaban J connectivity index is 0.00000450. The Morgan fingerprint density at radius 3 is 2.70 bits per heavy atom. The fraction of sp³-hybridized carbons (Fsp3) is 0.545. The standard InChI is InChI=1S/C22H34N4O3.HI/c1-6-23-21(26-15-22(5,27)19-8-7-11-28-19)25-14-18-9-10-24-20(13-18)29-17(4)12-16(2)3;/h7-11,13,16-17,27H,6,12,14-15H2,1-5H3,(H2,23,25,26);1H. The van der Waals surface area contributed by atoms with Gasteiger partial charge in [-0.1, -0.05) is 13.8 Å². The molecular formula is C22H35IN4O3. The van der Waals surface area contributed by atoms with Gasteiger partial charge in [0.1, 0.15) is 11.4 Å². The quantitative estimate of drug-likeness (QED) is 0.244. The van der Waals surface area contributed by atoms with Gasteiger partial charge in [-0.05, 0) is 56.9 Å². The minimum absolute atomic E-state index is 0. The molecule has 0 aromatic carbocycles. The summed E-state index contributed by atoms with van der Waals surface area (Å²) in [6.45, 7) is 11.6. The summed E-state index contributed by atoms with van der Waals surface area (Å²) in [6.07, 6.45) is 4.39. The first-order valence-electron chi connectivity index (χ1n) is 10.2. The molecule has 0 radical (unpaired) electrons. The van der Waals surface area contributed by atoms with Crippen LogP contribution < -0.4 is 15.4 Å². The predicted molar refractivity (Wildman–Crippen MR) is 130 cm³/mol. The average molecular weight is 530 g/mol. The molecule has 3 N–H and O–H groups in total. The molecule has 0 spiro atoms. The van der Waals surface area contributed by atoms with Gasteiger partial charge in [0.2, 0.25) is 5.88 Å². The van der Waals surface area contributed by atoms with Gasteiger partial charge >= 0.3 is 0 Å². The lowest BCUT2D eigenvalue weighted by Crippen LogP contribution is -2.44. The second kappa shape index (κ2) is 12.8. The maximum absolute atomic E-state index is 10.6. The number of aliphatic hydroxyl groups is 1. The fourth-order valence-corrected chi connectivity index (χ4v) is 2.97. The van der Waals surface area contributed by atoms with E-state index in [9.17, 15) is 5.11 Å². The Morgan fingerprint density at radius 2 is 2.07 bits per heavy atom. The van der Waals surface area contributed by atoms with Crippen molar-refractivity contribution in [2.45, 2.75) is 59.3 Å². The minimum Gasteiger partial charge on any atom is -0.475 e. The van der Waals surface area contributed by atoms with E-state index in [4.69, 9.17) is 9.15 Å². The van der Waals surface area contributed by atoms with Crippen LogP contribution in [0.2, 0.25) is 0 Å². The van der Waals surface area contributed by atoms with Crippen molar-refractivity contribution >= 4 is 29.9 Å². The predicted octanol–water partition coefficient (Wildman–Crippen LogP) is 4.07. The molecule has 2 rings (SSSR count). The number of furan rings is 1. The molecule has 2 heterocycles. The summed E-state index contributed by atoms with van der Waals surface area (Å²) in [5.41, 5.74) is -0.133. The highest BCUT2D eigenvalue weighted by Crippen LogP contribution is 2.20. The minimum atomic E-state index is -1.13. The lowest BCUT2D eigenvalue weighted by Gasteiger charge is -2.22. The first-order chi connectivity index (χ1) is 13.8. The van der Waals surface area contributed by atoms with Crippen molar-refractivity contribution in [3.05, 3.63) is 48.0 Å². The number of aliphatic imine (C=N–C) groups is 1. The lowest BCUT2D eigenvalue weighted by molar-refractivity contribution is 0.0386. The maximum Gasteiger partial charge on any atom is 0.213 e. The molecule has 0 saturated heterocycles. The first-order valence-corrected chi connectivity index (χ1v) is 10.2. The van der Waals surface area contributed by atoms with E-state index in [-0.39, 0.29) is 36.6 Å². The van der Waals surface area contributed by atoms with Crippen LogP contribution in [0.5, 0.6) is 5.88 Å². The molecule has 30 heavy (non-hydrogen) atoms. The van der Waals surface area contributed by atoms with Gasteiger partial charge in [0, 0.05) is 18.8 Å². The molecule has 0 aliphatic carbocycles. The van der Waals surface area contributed by atoms with E-state index in [1.165, 1.54) is 0 Å². The highest BCUT2D eigenvalue weighted by molar-refractivity contribution is 14.0. The molecule has 0 saturated carbocycles. The van der Waals surface area contributed by atoms with E-state index in [0.29, 0.717) is 36.6 Å². The fourth-order valence-electron chi connectivity index (χ4n) is 2.97. The number of hydrogen-bond donors (Lipinski definition) is 3. The van der Waals surface area contributed by atoms with E-state index >= 15 is 0 Å². The van der Waals surface area contributed by atoms with Crippen molar-refractivity contribution in [1.29, 1.82) is 0 Å². The first kappa shape index (κ1) is 26.2. The van der Waals surface area contributed by atoms with Crippen LogP contribution in [-0.2, 0) is 12.1 Å². The van der Waals surface area contributed by atoms with Crippen LogP contribution in [0.4, 0.5) is 0 Å². The van der Waals surface area contributed by atoms with E-state index in [1.54, 1.807) is 31.5 Å². The molecule has 0 fully saturated rings.